The van der Waals surface area contributed by atoms with Gasteiger partial charge in [-0.25, -0.2) is 9.78 Å². The molecular formula is C18H19ClN4O4S. The molecule has 1 aromatic carbocycles. The number of carbonyl (C=O) groups excluding carboxylic acids is 3. The molecule has 3 rings (SSSR count). The minimum absolute atomic E-state index is 0.0550. The van der Waals surface area contributed by atoms with Crippen LogP contribution in [-0.4, -0.2) is 54.0 Å². The molecule has 1 fully saturated rings. The molecule has 0 saturated carbocycles. The molecule has 1 saturated heterocycles. The second-order valence-corrected chi connectivity index (χ2v) is 7.30. The normalized spacial score (nSPS) is 13.7. The standard InChI is InChI=1S/C18H19ClN4O4S/c1-2-27-16(25)9-13-11-28-17(20-13)21-15(24)10-22-6-7-23(18(22)26)14-5-3-4-12(19)8-14/h3-5,8,11H,2,6-7,9-10H2,1H3,(H,20,21,24). The lowest BCUT2D eigenvalue weighted by Crippen LogP contribution is -2.37. The number of hydrogen-bond acceptors (Lipinski definition) is 6. The van der Waals surface area contributed by atoms with Gasteiger partial charge in [0.25, 0.3) is 0 Å². The van der Waals surface area contributed by atoms with E-state index in [2.05, 4.69) is 10.3 Å². The topological polar surface area (TPSA) is 91.8 Å². The molecular weight excluding hydrogens is 404 g/mol. The molecule has 0 aliphatic carbocycles. The van der Waals surface area contributed by atoms with Crippen molar-refractivity contribution in [2.45, 2.75) is 13.3 Å². The van der Waals surface area contributed by atoms with Gasteiger partial charge in [-0.15, -0.1) is 11.3 Å². The monoisotopic (exact) mass is 422 g/mol. The van der Waals surface area contributed by atoms with Crippen LogP contribution in [0.15, 0.2) is 29.6 Å². The predicted octanol–water partition coefficient (Wildman–Crippen LogP) is 2.78. The van der Waals surface area contributed by atoms with Gasteiger partial charge in [0.2, 0.25) is 5.91 Å². The highest BCUT2D eigenvalue weighted by Gasteiger charge is 2.31. The van der Waals surface area contributed by atoms with E-state index in [9.17, 15) is 14.4 Å². The Bertz CT molecular complexity index is 888. The van der Waals surface area contributed by atoms with Crippen molar-refractivity contribution < 1.29 is 19.1 Å². The van der Waals surface area contributed by atoms with E-state index >= 15 is 0 Å². The molecule has 2 heterocycles. The van der Waals surface area contributed by atoms with Gasteiger partial charge in [-0.3, -0.25) is 14.5 Å². The number of nitrogens with zero attached hydrogens (tertiary/aromatic N) is 3. The first-order valence-electron chi connectivity index (χ1n) is 8.68. The molecule has 0 unspecified atom stereocenters. The zero-order chi connectivity index (χ0) is 20.1. The lowest BCUT2D eigenvalue weighted by atomic mass is 10.3. The van der Waals surface area contributed by atoms with Crippen LogP contribution in [0.5, 0.6) is 0 Å². The number of anilines is 2. The van der Waals surface area contributed by atoms with Crippen molar-refractivity contribution in [1.82, 2.24) is 9.88 Å². The average Bonchev–Trinajstić information content (AvgIpc) is 3.22. The van der Waals surface area contributed by atoms with E-state index in [-0.39, 0.29) is 30.9 Å². The molecule has 28 heavy (non-hydrogen) atoms. The summed E-state index contributed by atoms with van der Waals surface area (Å²) in [5, 5.41) is 5.27. The van der Waals surface area contributed by atoms with E-state index in [4.69, 9.17) is 16.3 Å². The summed E-state index contributed by atoms with van der Waals surface area (Å²) in [4.78, 5) is 43.5. The Labute approximate surface area is 171 Å². The largest absolute Gasteiger partial charge is 0.466 e. The van der Waals surface area contributed by atoms with E-state index in [1.54, 1.807) is 41.5 Å². The zero-order valence-electron chi connectivity index (χ0n) is 15.2. The van der Waals surface area contributed by atoms with Gasteiger partial charge in [-0.2, -0.15) is 0 Å². The molecule has 3 amide bonds. The third kappa shape index (κ3) is 4.99. The van der Waals surface area contributed by atoms with Crippen molar-refractivity contribution in [1.29, 1.82) is 0 Å². The SMILES string of the molecule is CCOC(=O)Cc1csc(NC(=O)CN2CCN(c3cccc(Cl)c3)C2=O)n1. The van der Waals surface area contributed by atoms with Crippen LogP contribution in [0.1, 0.15) is 12.6 Å². The Morgan fingerprint density at radius 1 is 1.36 bits per heavy atom. The highest BCUT2D eigenvalue weighted by molar-refractivity contribution is 7.13. The molecule has 1 aliphatic heterocycles. The first-order chi connectivity index (χ1) is 13.5. The molecule has 0 radical (unpaired) electrons. The zero-order valence-corrected chi connectivity index (χ0v) is 16.8. The van der Waals surface area contributed by atoms with E-state index in [0.29, 0.717) is 41.2 Å². The van der Waals surface area contributed by atoms with Gasteiger partial charge in [0.05, 0.1) is 18.7 Å². The van der Waals surface area contributed by atoms with Gasteiger partial charge in [0.15, 0.2) is 5.13 Å². The van der Waals surface area contributed by atoms with Crippen LogP contribution < -0.4 is 10.2 Å². The van der Waals surface area contributed by atoms with Crippen LogP contribution in [0.4, 0.5) is 15.6 Å². The lowest BCUT2D eigenvalue weighted by molar-refractivity contribution is -0.142. The Balaban J connectivity index is 1.53. The molecule has 1 aliphatic rings. The number of amides is 3. The Morgan fingerprint density at radius 2 is 2.18 bits per heavy atom. The number of hydrogen-bond donors (Lipinski definition) is 1. The Hall–Kier alpha value is -2.65. The van der Waals surface area contributed by atoms with E-state index in [1.807, 2.05) is 0 Å². The molecule has 0 atom stereocenters. The maximum Gasteiger partial charge on any atom is 0.325 e. The fraction of sp³-hybridized carbons (Fsp3) is 0.333. The van der Waals surface area contributed by atoms with Crippen LogP contribution in [0.3, 0.4) is 0 Å². The number of ether oxygens (including phenoxy) is 1. The number of halogens is 1. The summed E-state index contributed by atoms with van der Waals surface area (Å²) >= 11 is 7.20. The molecule has 8 nitrogen and oxygen atoms in total. The summed E-state index contributed by atoms with van der Waals surface area (Å²) in [5.74, 6) is -0.715. The molecule has 148 valence electrons. The molecule has 0 bridgehead atoms. The van der Waals surface area contributed by atoms with Crippen molar-refractivity contribution in [3.05, 3.63) is 40.4 Å². The smallest absolute Gasteiger partial charge is 0.325 e. The molecule has 10 heteroatoms. The number of thiazole rings is 1. The van der Waals surface area contributed by atoms with Gasteiger partial charge in [-0.05, 0) is 25.1 Å². The highest BCUT2D eigenvalue weighted by atomic mass is 35.5. The van der Waals surface area contributed by atoms with Crippen LogP contribution in [0.2, 0.25) is 5.02 Å². The van der Waals surface area contributed by atoms with Crippen LogP contribution in [-0.2, 0) is 20.7 Å². The van der Waals surface area contributed by atoms with Crippen molar-refractivity contribution in [2.24, 2.45) is 0 Å². The fourth-order valence-corrected chi connectivity index (χ4v) is 3.66. The van der Waals surface area contributed by atoms with Crippen LogP contribution >= 0.6 is 22.9 Å². The van der Waals surface area contributed by atoms with Gasteiger partial charge in [0, 0.05) is 29.2 Å². The van der Waals surface area contributed by atoms with Crippen LogP contribution in [0.25, 0.3) is 0 Å². The van der Waals surface area contributed by atoms with E-state index < -0.39 is 0 Å². The number of rotatable bonds is 7. The molecule has 2 aromatic rings. The maximum atomic E-state index is 12.6. The number of carbonyl (C=O) groups is 3. The van der Waals surface area contributed by atoms with Crippen molar-refractivity contribution >= 4 is 51.7 Å². The summed E-state index contributed by atoms with van der Waals surface area (Å²) in [6.45, 7) is 2.88. The van der Waals surface area contributed by atoms with E-state index in [1.165, 1.54) is 16.2 Å². The second kappa shape index (κ2) is 9.03. The minimum Gasteiger partial charge on any atom is -0.466 e. The van der Waals surface area contributed by atoms with Gasteiger partial charge in [-0.1, -0.05) is 17.7 Å². The Morgan fingerprint density at radius 3 is 2.93 bits per heavy atom. The molecule has 0 spiro atoms. The highest BCUT2D eigenvalue weighted by Crippen LogP contribution is 2.23. The average molecular weight is 423 g/mol. The van der Waals surface area contributed by atoms with Crippen LogP contribution in [0, 0.1) is 0 Å². The number of urea groups is 1. The molecule has 1 N–H and O–H groups in total. The number of aromatic nitrogens is 1. The van der Waals surface area contributed by atoms with Crippen molar-refractivity contribution in [3.63, 3.8) is 0 Å². The van der Waals surface area contributed by atoms with Crippen molar-refractivity contribution in [2.75, 3.05) is 36.5 Å². The third-order valence-corrected chi connectivity index (χ3v) is 5.02. The summed E-state index contributed by atoms with van der Waals surface area (Å²) in [7, 11) is 0. The summed E-state index contributed by atoms with van der Waals surface area (Å²) in [5.41, 5.74) is 1.23. The maximum absolute atomic E-state index is 12.6. The third-order valence-electron chi connectivity index (χ3n) is 3.98. The predicted molar refractivity (Wildman–Crippen MR) is 107 cm³/mol. The minimum atomic E-state index is -0.366. The van der Waals surface area contributed by atoms with Crippen molar-refractivity contribution in [3.8, 4) is 0 Å². The van der Waals surface area contributed by atoms with E-state index in [0.717, 1.165) is 0 Å². The summed E-state index contributed by atoms with van der Waals surface area (Å²) in [6.07, 6.45) is 0.0550. The summed E-state index contributed by atoms with van der Waals surface area (Å²) < 4.78 is 4.87. The second-order valence-electron chi connectivity index (χ2n) is 6.01. The summed E-state index contributed by atoms with van der Waals surface area (Å²) in [6, 6.07) is 6.77. The first kappa shape index (κ1) is 20.1. The number of esters is 1. The quantitative estimate of drug-likeness (QED) is 0.692. The lowest BCUT2D eigenvalue weighted by Gasteiger charge is -2.18. The van der Waals surface area contributed by atoms with Gasteiger partial charge < -0.3 is 15.0 Å². The number of benzene rings is 1. The first-order valence-corrected chi connectivity index (χ1v) is 9.94. The van der Waals surface area contributed by atoms with Gasteiger partial charge in [0.1, 0.15) is 6.54 Å². The Kier molecular flexibility index (Phi) is 6.48. The fourth-order valence-electron chi connectivity index (χ4n) is 2.75. The van der Waals surface area contributed by atoms with Gasteiger partial charge >= 0.3 is 12.0 Å². The number of nitrogens with one attached hydrogen (secondary N) is 1. The molecule has 1 aromatic heterocycles.